The van der Waals surface area contributed by atoms with E-state index < -0.39 is 0 Å². The fourth-order valence-corrected chi connectivity index (χ4v) is 3.29. The van der Waals surface area contributed by atoms with Crippen molar-refractivity contribution in [1.29, 1.82) is 0 Å². The molecule has 0 N–H and O–H groups in total. The Morgan fingerprint density at radius 1 is 1.00 bits per heavy atom. The first kappa shape index (κ1) is 15.8. The Kier molecular flexibility index (Phi) is 4.44. The lowest BCUT2D eigenvalue weighted by molar-refractivity contribution is 0.182. The third-order valence-corrected chi connectivity index (χ3v) is 4.55. The van der Waals surface area contributed by atoms with Gasteiger partial charge in [0.25, 0.3) is 0 Å². The second-order valence-corrected chi connectivity index (χ2v) is 6.43. The Bertz CT molecular complexity index is 836. The number of ether oxygens (including phenoxy) is 1. The van der Waals surface area contributed by atoms with E-state index in [4.69, 9.17) is 4.74 Å². The van der Waals surface area contributed by atoms with Crippen LogP contribution in [0.1, 0.15) is 23.7 Å². The van der Waals surface area contributed by atoms with Crippen molar-refractivity contribution in [2.75, 3.05) is 13.6 Å². The summed E-state index contributed by atoms with van der Waals surface area (Å²) in [4.78, 5) is 11.1. The first-order valence-corrected chi connectivity index (χ1v) is 8.60. The van der Waals surface area contributed by atoms with Gasteiger partial charge in [0.15, 0.2) is 5.82 Å². The molecule has 1 aliphatic rings. The summed E-state index contributed by atoms with van der Waals surface area (Å²) in [7, 11) is 2.15. The lowest BCUT2D eigenvalue weighted by Gasteiger charge is -2.20. The zero-order valence-electron chi connectivity index (χ0n) is 14.3. The third kappa shape index (κ3) is 3.54. The van der Waals surface area contributed by atoms with Crippen LogP contribution in [0.4, 0.5) is 0 Å². The van der Waals surface area contributed by atoms with E-state index in [2.05, 4.69) is 40.1 Å². The number of para-hydroxylation sites is 1. The summed E-state index contributed by atoms with van der Waals surface area (Å²) in [5, 5.41) is 0. The first-order valence-electron chi connectivity index (χ1n) is 8.60. The normalized spacial score (nSPS) is 17.6. The van der Waals surface area contributed by atoms with E-state index >= 15 is 0 Å². The summed E-state index contributed by atoms with van der Waals surface area (Å²) >= 11 is 0. The molecular weight excluding hydrogens is 310 g/mol. The number of rotatable bonds is 3. The zero-order chi connectivity index (χ0) is 17.1. The Morgan fingerprint density at radius 2 is 1.80 bits per heavy atom. The average molecular weight is 331 g/mol. The molecule has 1 atom stereocenters. The minimum Gasteiger partial charge on any atom is -0.486 e. The molecule has 0 aliphatic carbocycles. The van der Waals surface area contributed by atoms with E-state index in [9.17, 15) is 0 Å². The van der Waals surface area contributed by atoms with Crippen LogP contribution in [0.5, 0.6) is 5.75 Å². The molecule has 4 nitrogen and oxygen atoms in total. The van der Waals surface area contributed by atoms with Gasteiger partial charge in [-0.25, -0.2) is 9.97 Å². The summed E-state index contributed by atoms with van der Waals surface area (Å²) in [6, 6.07) is 18.4. The van der Waals surface area contributed by atoms with Gasteiger partial charge in [-0.1, -0.05) is 30.3 Å². The number of fused-ring (bicyclic) bond motifs is 1. The molecule has 3 aromatic rings. The summed E-state index contributed by atoms with van der Waals surface area (Å²) in [5.74, 6) is 1.68. The minimum absolute atomic E-state index is 0.0630. The topological polar surface area (TPSA) is 38.2 Å². The molecule has 25 heavy (non-hydrogen) atoms. The predicted octanol–water partition coefficient (Wildman–Crippen LogP) is 4.10. The van der Waals surface area contributed by atoms with Crippen molar-refractivity contribution < 1.29 is 4.74 Å². The van der Waals surface area contributed by atoms with Crippen molar-refractivity contribution in [3.63, 3.8) is 0 Å². The van der Waals surface area contributed by atoms with Crippen LogP contribution < -0.4 is 4.74 Å². The Hall–Kier alpha value is -2.72. The molecule has 0 amide bonds. The van der Waals surface area contributed by atoms with Gasteiger partial charge in [-0.05, 0) is 42.4 Å². The molecule has 2 aromatic carbocycles. The predicted molar refractivity (Wildman–Crippen MR) is 98.2 cm³/mol. The average Bonchev–Trinajstić information content (AvgIpc) is 2.81. The molecule has 1 unspecified atom stereocenters. The van der Waals surface area contributed by atoms with Crippen LogP contribution in [0.3, 0.4) is 0 Å². The van der Waals surface area contributed by atoms with Crippen molar-refractivity contribution in [1.82, 2.24) is 14.9 Å². The van der Waals surface area contributed by atoms with E-state index in [1.54, 1.807) is 12.4 Å². The van der Waals surface area contributed by atoms with Crippen molar-refractivity contribution in [3.05, 3.63) is 78.1 Å². The van der Waals surface area contributed by atoms with Crippen LogP contribution in [-0.4, -0.2) is 28.5 Å². The first-order chi connectivity index (χ1) is 12.3. The van der Waals surface area contributed by atoms with Gasteiger partial charge in [0, 0.05) is 37.5 Å². The summed E-state index contributed by atoms with van der Waals surface area (Å²) in [6.45, 7) is 1.91. The van der Waals surface area contributed by atoms with Gasteiger partial charge in [0.1, 0.15) is 11.9 Å². The highest BCUT2D eigenvalue weighted by molar-refractivity contribution is 5.57. The molecule has 0 bridgehead atoms. The van der Waals surface area contributed by atoms with Crippen LogP contribution in [0, 0.1) is 0 Å². The summed E-state index contributed by atoms with van der Waals surface area (Å²) < 4.78 is 6.30. The summed E-state index contributed by atoms with van der Waals surface area (Å²) in [6.07, 6.45) is 4.59. The van der Waals surface area contributed by atoms with Gasteiger partial charge in [0.2, 0.25) is 0 Å². The fraction of sp³-hybridized carbons (Fsp3) is 0.238. The molecular formula is C21H21N3O. The van der Waals surface area contributed by atoms with Gasteiger partial charge in [-0.2, -0.15) is 0 Å². The fourth-order valence-electron chi connectivity index (χ4n) is 3.29. The third-order valence-electron chi connectivity index (χ3n) is 4.55. The Labute approximate surface area is 148 Å². The second-order valence-electron chi connectivity index (χ2n) is 6.43. The van der Waals surface area contributed by atoms with Crippen molar-refractivity contribution in [2.45, 2.75) is 19.1 Å². The maximum absolute atomic E-state index is 6.30. The van der Waals surface area contributed by atoms with Gasteiger partial charge in [-0.3, -0.25) is 0 Å². The van der Waals surface area contributed by atoms with Gasteiger partial charge < -0.3 is 9.64 Å². The van der Waals surface area contributed by atoms with Crippen LogP contribution in [0.15, 0.2) is 67.0 Å². The molecule has 0 spiro atoms. The van der Waals surface area contributed by atoms with Gasteiger partial charge >= 0.3 is 0 Å². The highest BCUT2D eigenvalue weighted by Gasteiger charge is 2.23. The smallest absolute Gasteiger partial charge is 0.159 e. The van der Waals surface area contributed by atoms with E-state index in [-0.39, 0.29) is 6.10 Å². The maximum Gasteiger partial charge on any atom is 0.159 e. The largest absolute Gasteiger partial charge is 0.486 e. The van der Waals surface area contributed by atoms with Crippen LogP contribution in [0.2, 0.25) is 0 Å². The van der Waals surface area contributed by atoms with Crippen LogP contribution in [0.25, 0.3) is 11.4 Å². The summed E-state index contributed by atoms with van der Waals surface area (Å²) in [5.41, 5.74) is 3.59. The molecule has 1 aromatic heterocycles. The standard InChI is InChI=1S/C21H21N3O/c1-24-13-10-20(25-18-6-3-2-4-7-18)19-9-8-16(14-17(19)15-24)21-22-11-5-12-23-21/h2-9,11-12,14,20H,10,13,15H2,1H3. The highest BCUT2D eigenvalue weighted by atomic mass is 16.5. The maximum atomic E-state index is 6.30. The van der Waals surface area contributed by atoms with E-state index in [1.807, 2.05) is 36.4 Å². The zero-order valence-corrected chi connectivity index (χ0v) is 14.3. The van der Waals surface area contributed by atoms with Gasteiger partial charge in [-0.15, -0.1) is 0 Å². The van der Waals surface area contributed by atoms with Crippen molar-refractivity contribution in [2.24, 2.45) is 0 Å². The SMILES string of the molecule is CN1CCC(Oc2ccccc2)c2ccc(-c3ncccn3)cc2C1. The van der Waals surface area contributed by atoms with E-state index in [1.165, 1.54) is 11.1 Å². The van der Waals surface area contributed by atoms with Crippen LogP contribution in [-0.2, 0) is 6.54 Å². The lowest BCUT2D eigenvalue weighted by atomic mass is 9.98. The van der Waals surface area contributed by atoms with Crippen molar-refractivity contribution >= 4 is 0 Å². The quantitative estimate of drug-likeness (QED) is 0.724. The minimum atomic E-state index is 0.0630. The van der Waals surface area contributed by atoms with Crippen molar-refractivity contribution in [3.8, 4) is 17.1 Å². The number of benzene rings is 2. The lowest BCUT2D eigenvalue weighted by Crippen LogP contribution is -2.18. The Morgan fingerprint density at radius 3 is 2.60 bits per heavy atom. The monoisotopic (exact) mass is 331 g/mol. The number of aromatic nitrogens is 2. The van der Waals surface area contributed by atoms with E-state index in [0.717, 1.165) is 36.6 Å². The number of nitrogens with zero attached hydrogens (tertiary/aromatic N) is 3. The molecule has 126 valence electrons. The highest BCUT2D eigenvalue weighted by Crippen LogP contribution is 2.32. The van der Waals surface area contributed by atoms with E-state index in [0.29, 0.717) is 0 Å². The molecule has 0 saturated heterocycles. The number of hydrogen-bond donors (Lipinski definition) is 0. The number of hydrogen-bond acceptors (Lipinski definition) is 4. The molecule has 2 heterocycles. The molecule has 0 fully saturated rings. The molecule has 4 heteroatoms. The van der Waals surface area contributed by atoms with Crippen LogP contribution >= 0.6 is 0 Å². The molecule has 4 rings (SSSR count). The molecule has 0 radical (unpaired) electrons. The van der Waals surface area contributed by atoms with Gasteiger partial charge in [0.05, 0.1) is 0 Å². The molecule has 0 saturated carbocycles. The molecule has 1 aliphatic heterocycles. The Balaban J connectivity index is 1.69. The second kappa shape index (κ2) is 7.03.